The van der Waals surface area contributed by atoms with Crippen molar-refractivity contribution in [3.63, 3.8) is 0 Å². The average molecular weight is 418 g/mol. The molecule has 1 saturated heterocycles. The first kappa shape index (κ1) is 17.4. The lowest BCUT2D eigenvalue weighted by atomic mass is 10.2. The SMILES string of the molecule is Cc1nn(C)c(Cl)c1CN1CCCN(Cc2ccc(Br)s2)CC1. The van der Waals surface area contributed by atoms with E-state index in [0.29, 0.717) is 0 Å². The summed E-state index contributed by atoms with van der Waals surface area (Å²) in [6.45, 7) is 8.46. The topological polar surface area (TPSA) is 24.3 Å². The Kier molecular flexibility index (Phi) is 5.80. The van der Waals surface area contributed by atoms with Crippen molar-refractivity contribution in [2.24, 2.45) is 7.05 Å². The lowest BCUT2D eigenvalue weighted by Crippen LogP contribution is -2.30. The van der Waals surface area contributed by atoms with Crippen LogP contribution in [0.5, 0.6) is 0 Å². The molecule has 4 nitrogen and oxygen atoms in total. The van der Waals surface area contributed by atoms with Gasteiger partial charge in [0.2, 0.25) is 0 Å². The standard InChI is InChI=1S/C16H22BrClN4S/c1-12-14(16(18)20(2)19-12)11-22-7-3-6-21(8-9-22)10-13-4-5-15(17)23-13/h4-5H,3,6-11H2,1-2H3. The first-order valence-corrected chi connectivity index (χ1v) is 9.88. The number of hydrogen-bond acceptors (Lipinski definition) is 4. The average Bonchev–Trinajstić information content (AvgIpc) is 2.91. The Hall–Kier alpha value is -0.400. The third kappa shape index (κ3) is 4.37. The highest BCUT2D eigenvalue weighted by atomic mass is 79.9. The molecule has 23 heavy (non-hydrogen) atoms. The fourth-order valence-electron chi connectivity index (χ4n) is 3.07. The number of hydrogen-bond donors (Lipinski definition) is 0. The van der Waals surface area contributed by atoms with Crippen LogP contribution in [-0.4, -0.2) is 45.8 Å². The van der Waals surface area contributed by atoms with Gasteiger partial charge in [-0.05, 0) is 54.5 Å². The Morgan fingerprint density at radius 3 is 2.43 bits per heavy atom. The van der Waals surface area contributed by atoms with Crippen molar-refractivity contribution in [3.8, 4) is 0 Å². The van der Waals surface area contributed by atoms with Gasteiger partial charge in [-0.2, -0.15) is 5.10 Å². The molecular formula is C16H22BrClN4S. The zero-order valence-corrected chi connectivity index (χ0v) is 16.7. The molecule has 3 heterocycles. The molecule has 0 saturated carbocycles. The van der Waals surface area contributed by atoms with Gasteiger partial charge in [0.25, 0.3) is 0 Å². The Balaban J connectivity index is 1.58. The van der Waals surface area contributed by atoms with E-state index in [1.165, 1.54) is 20.6 Å². The lowest BCUT2D eigenvalue weighted by molar-refractivity contribution is 0.248. The largest absolute Gasteiger partial charge is 0.298 e. The number of aromatic nitrogens is 2. The summed E-state index contributed by atoms with van der Waals surface area (Å²) in [7, 11) is 1.90. The molecule has 0 bridgehead atoms. The molecule has 2 aromatic heterocycles. The summed E-state index contributed by atoms with van der Waals surface area (Å²) in [5, 5.41) is 5.19. The van der Waals surface area contributed by atoms with E-state index in [-0.39, 0.29) is 0 Å². The molecule has 0 atom stereocenters. The van der Waals surface area contributed by atoms with E-state index in [9.17, 15) is 0 Å². The van der Waals surface area contributed by atoms with Gasteiger partial charge in [-0.25, -0.2) is 0 Å². The van der Waals surface area contributed by atoms with Crippen LogP contribution in [0.3, 0.4) is 0 Å². The van der Waals surface area contributed by atoms with Crippen molar-refractivity contribution < 1.29 is 0 Å². The lowest BCUT2D eigenvalue weighted by Gasteiger charge is -2.21. The maximum absolute atomic E-state index is 6.37. The summed E-state index contributed by atoms with van der Waals surface area (Å²) in [4.78, 5) is 6.48. The Morgan fingerprint density at radius 1 is 1.17 bits per heavy atom. The second-order valence-electron chi connectivity index (χ2n) is 6.09. The first-order valence-electron chi connectivity index (χ1n) is 7.90. The number of nitrogens with zero attached hydrogens (tertiary/aromatic N) is 4. The van der Waals surface area contributed by atoms with E-state index in [1.807, 2.05) is 25.3 Å². The van der Waals surface area contributed by atoms with Crippen LogP contribution >= 0.6 is 38.9 Å². The number of halogens is 2. The Morgan fingerprint density at radius 2 is 1.87 bits per heavy atom. The third-order valence-corrected chi connectivity index (χ3v) is 6.42. The molecule has 0 amide bonds. The first-order chi connectivity index (χ1) is 11.0. The van der Waals surface area contributed by atoms with E-state index >= 15 is 0 Å². The minimum Gasteiger partial charge on any atom is -0.298 e. The van der Waals surface area contributed by atoms with E-state index in [0.717, 1.165) is 50.1 Å². The van der Waals surface area contributed by atoms with Crippen molar-refractivity contribution in [2.75, 3.05) is 26.2 Å². The molecule has 2 aromatic rings. The van der Waals surface area contributed by atoms with Gasteiger partial charge in [0.05, 0.1) is 9.48 Å². The number of rotatable bonds is 4. The van der Waals surface area contributed by atoms with Crippen LogP contribution in [0, 0.1) is 6.92 Å². The van der Waals surface area contributed by atoms with Gasteiger partial charge < -0.3 is 0 Å². The fourth-order valence-corrected chi connectivity index (χ4v) is 4.83. The molecule has 0 aromatic carbocycles. The van der Waals surface area contributed by atoms with Gasteiger partial charge in [0, 0.05) is 43.7 Å². The molecule has 0 spiro atoms. The predicted octanol–water partition coefficient (Wildman–Crippen LogP) is 3.91. The Labute approximate surface area is 155 Å². The molecule has 7 heteroatoms. The van der Waals surface area contributed by atoms with E-state index < -0.39 is 0 Å². The van der Waals surface area contributed by atoms with Crippen LogP contribution in [-0.2, 0) is 20.1 Å². The second-order valence-corrected chi connectivity index (χ2v) is 9.00. The van der Waals surface area contributed by atoms with Crippen LogP contribution in [0.1, 0.15) is 22.6 Å². The monoisotopic (exact) mass is 416 g/mol. The van der Waals surface area contributed by atoms with Crippen molar-refractivity contribution in [3.05, 3.63) is 37.2 Å². The molecule has 3 rings (SSSR count). The molecule has 0 radical (unpaired) electrons. The predicted molar refractivity (Wildman–Crippen MR) is 100 cm³/mol. The van der Waals surface area contributed by atoms with Crippen molar-refractivity contribution in [1.82, 2.24) is 19.6 Å². The van der Waals surface area contributed by atoms with E-state index in [2.05, 4.69) is 43.0 Å². The summed E-state index contributed by atoms with van der Waals surface area (Å²) in [5.41, 5.74) is 2.21. The van der Waals surface area contributed by atoms with Gasteiger partial charge >= 0.3 is 0 Å². The molecule has 0 N–H and O–H groups in total. The molecule has 1 aliphatic heterocycles. The highest BCUT2D eigenvalue weighted by Gasteiger charge is 2.19. The summed E-state index contributed by atoms with van der Waals surface area (Å²) in [6.07, 6.45) is 1.20. The maximum atomic E-state index is 6.37. The third-order valence-electron chi connectivity index (χ3n) is 4.34. The zero-order chi connectivity index (χ0) is 16.4. The number of aryl methyl sites for hydroxylation is 2. The summed E-state index contributed by atoms with van der Waals surface area (Å²) < 4.78 is 2.98. The van der Waals surface area contributed by atoms with Gasteiger partial charge in [-0.3, -0.25) is 14.5 Å². The van der Waals surface area contributed by atoms with Crippen LogP contribution in [0.25, 0.3) is 0 Å². The molecule has 0 aliphatic carbocycles. The summed E-state index contributed by atoms with van der Waals surface area (Å²) in [6, 6.07) is 4.35. The van der Waals surface area contributed by atoms with Gasteiger partial charge in [-0.15, -0.1) is 11.3 Å². The highest BCUT2D eigenvalue weighted by molar-refractivity contribution is 9.11. The van der Waals surface area contributed by atoms with Crippen molar-refractivity contribution >= 4 is 38.9 Å². The number of thiophene rings is 1. The van der Waals surface area contributed by atoms with E-state index in [1.54, 1.807) is 4.68 Å². The molecule has 0 unspecified atom stereocenters. The summed E-state index contributed by atoms with van der Waals surface area (Å²) in [5.74, 6) is 0. The van der Waals surface area contributed by atoms with E-state index in [4.69, 9.17) is 11.6 Å². The fraction of sp³-hybridized carbons (Fsp3) is 0.562. The Bertz CT molecular complexity index is 669. The molecule has 1 fully saturated rings. The van der Waals surface area contributed by atoms with Crippen molar-refractivity contribution in [1.29, 1.82) is 0 Å². The van der Waals surface area contributed by atoms with Crippen LogP contribution < -0.4 is 0 Å². The van der Waals surface area contributed by atoms with Gasteiger partial charge in [-0.1, -0.05) is 11.6 Å². The molecule has 1 aliphatic rings. The van der Waals surface area contributed by atoms with Crippen LogP contribution in [0.2, 0.25) is 5.15 Å². The smallest absolute Gasteiger partial charge is 0.131 e. The van der Waals surface area contributed by atoms with Gasteiger partial charge in [0.15, 0.2) is 0 Å². The zero-order valence-electron chi connectivity index (χ0n) is 13.6. The maximum Gasteiger partial charge on any atom is 0.131 e. The highest BCUT2D eigenvalue weighted by Crippen LogP contribution is 2.24. The summed E-state index contributed by atoms with van der Waals surface area (Å²) >= 11 is 11.7. The second kappa shape index (κ2) is 7.66. The van der Waals surface area contributed by atoms with Crippen LogP contribution in [0.15, 0.2) is 15.9 Å². The normalized spacial score (nSPS) is 17.6. The molecule has 126 valence electrons. The minimum atomic E-state index is 0.770. The minimum absolute atomic E-state index is 0.770. The molecular weight excluding hydrogens is 396 g/mol. The van der Waals surface area contributed by atoms with Crippen LogP contribution in [0.4, 0.5) is 0 Å². The van der Waals surface area contributed by atoms with Gasteiger partial charge in [0.1, 0.15) is 5.15 Å². The quantitative estimate of drug-likeness (QED) is 0.753. The van der Waals surface area contributed by atoms with Crippen molar-refractivity contribution in [2.45, 2.75) is 26.4 Å².